The summed E-state index contributed by atoms with van der Waals surface area (Å²) < 4.78 is 0. The summed E-state index contributed by atoms with van der Waals surface area (Å²) in [5.41, 5.74) is 0. The highest BCUT2D eigenvalue weighted by Crippen LogP contribution is 2.18. The summed E-state index contributed by atoms with van der Waals surface area (Å²) in [6.07, 6.45) is 9.27. The summed E-state index contributed by atoms with van der Waals surface area (Å²) in [6, 6.07) is 1.42. The molecule has 0 heterocycles. The number of hydrogen-bond donors (Lipinski definition) is 1. The summed E-state index contributed by atoms with van der Waals surface area (Å²) in [5.74, 6) is 2.72. The van der Waals surface area contributed by atoms with Crippen LogP contribution in [0.25, 0.3) is 0 Å². The topological polar surface area (TPSA) is 15.3 Å². The highest BCUT2D eigenvalue weighted by molar-refractivity contribution is 4.89. The Labute approximate surface area is 88.1 Å². The van der Waals surface area contributed by atoms with E-state index in [0.29, 0.717) is 6.04 Å². The molecule has 1 atom stereocenters. The average Bonchev–Trinajstić information content (AvgIpc) is 2.97. The zero-order valence-corrected chi connectivity index (χ0v) is 9.42. The van der Waals surface area contributed by atoms with Crippen LogP contribution < -0.4 is 5.32 Å². The van der Waals surface area contributed by atoms with Crippen molar-refractivity contribution in [1.29, 1.82) is 0 Å². The van der Waals surface area contributed by atoms with E-state index < -0.39 is 0 Å². The van der Waals surface area contributed by atoms with Gasteiger partial charge in [0.25, 0.3) is 0 Å². The Hall–Kier alpha value is -0.520. The van der Waals surface area contributed by atoms with Crippen molar-refractivity contribution in [3.63, 3.8) is 0 Å². The van der Waals surface area contributed by atoms with Crippen molar-refractivity contribution in [2.24, 2.45) is 0 Å². The molecule has 80 valence electrons. The van der Waals surface area contributed by atoms with Crippen molar-refractivity contribution in [3.05, 3.63) is 0 Å². The molecule has 1 N–H and O–H groups in total. The van der Waals surface area contributed by atoms with E-state index in [-0.39, 0.29) is 0 Å². The predicted octanol–water partition coefficient (Wildman–Crippen LogP) is 1.47. The van der Waals surface area contributed by atoms with Gasteiger partial charge in [-0.25, -0.2) is 0 Å². The first-order valence-corrected chi connectivity index (χ1v) is 5.68. The van der Waals surface area contributed by atoms with Gasteiger partial charge in [0.05, 0.1) is 6.54 Å². The molecule has 1 saturated carbocycles. The monoisotopic (exact) mass is 194 g/mol. The lowest BCUT2D eigenvalue weighted by atomic mass is 10.2. The van der Waals surface area contributed by atoms with Crippen molar-refractivity contribution >= 4 is 0 Å². The van der Waals surface area contributed by atoms with Gasteiger partial charge in [0.2, 0.25) is 0 Å². The van der Waals surface area contributed by atoms with Gasteiger partial charge >= 0.3 is 0 Å². The van der Waals surface area contributed by atoms with Crippen LogP contribution in [0.4, 0.5) is 0 Å². The van der Waals surface area contributed by atoms with E-state index >= 15 is 0 Å². The van der Waals surface area contributed by atoms with Gasteiger partial charge in [-0.2, -0.15) is 0 Å². The molecule has 2 heteroatoms. The van der Waals surface area contributed by atoms with E-state index in [9.17, 15) is 0 Å². The lowest BCUT2D eigenvalue weighted by molar-refractivity contribution is 0.234. The van der Waals surface area contributed by atoms with Crippen molar-refractivity contribution in [3.8, 4) is 12.3 Å². The maximum Gasteiger partial charge on any atom is 0.0601 e. The Kier molecular flexibility index (Phi) is 5.00. The molecule has 14 heavy (non-hydrogen) atoms. The van der Waals surface area contributed by atoms with Gasteiger partial charge in [-0.05, 0) is 39.3 Å². The first kappa shape index (κ1) is 11.6. The van der Waals surface area contributed by atoms with E-state index in [2.05, 4.69) is 30.0 Å². The second-order valence-corrected chi connectivity index (χ2v) is 4.13. The van der Waals surface area contributed by atoms with Gasteiger partial charge in [0.1, 0.15) is 0 Å². The molecule has 1 rings (SSSR count). The third-order valence-corrected chi connectivity index (χ3v) is 2.90. The highest BCUT2D eigenvalue weighted by Gasteiger charge is 2.20. The number of hydrogen-bond acceptors (Lipinski definition) is 2. The van der Waals surface area contributed by atoms with Gasteiger partial charge in [0, 0.05) is 12.1 Å². The lowest BCUT2D eigenvalue weighted by Gasteiger charge is -2.25. The highest BCUT2D eigenvalue weighted by atomic mass is 15.1. The Balaban J connectivity index is 2.10. The summed E-state index contributed by atoms with van der Waals surface area (Å²) in [7, 11) is 0. The van der Waals surface area contributed by atoms with E-state index in [0.717, 1.165) is 25.7 Å². The average molecular weight is 194 g/mol. The zero-order valence-electron chi connectivity index (χ0n) is 9.42. The molecule has 2 nitrogen and oxygen atoms in total. The molecule has 0 saturated heterocycles. The Morgan fingerprint density at radius 3 is 2.79 bits per heavy atom. The van der Waals surface area contributed by atoms with Crippen LogP contribution in [0.2, 0.25) is 0 Å². The first-order chi connectivity index (χ1) is 6.77. The molecule has 0 aliphatic heterocycles. The molecular weight excluding hydrogens is 172 g/mol. The molecule has 0 aromatic heterocycles. The van der Waals surface area contributed by atoms with Gasteiger partial charge in [0.15, 0.2) is 0 Å². The second-order valence-electron chi connectivity index (χ2n) is 4.13. The first-order valence-electron chi connectivity index (χ1n) is 5.68. The second kappa shape index (κ2) is 6.06. The minimum atomic E-state index is 0.599. The van der Waals surface area contributed by atoms with Gasteiger partial charge in [-0.1, -0.05) is 12.8 Å². The van der Waals surface area contributed by atoms with E-state index in [1.165, 1.54) is 19.3 Å². The molecule has 1 aliphatic rings. The number of terminal acetylenes is 1. The molecule has 1 fully saturated rings. The maximum atomic E-state index is 5.32. The van der Waals surface area contributed by atoms with Crippen molar-refractivity contribution in [2.75, 3.05) is 19.6 Å². The fourth-order valence-corrected chi connectivity index (χ4v) is 1.66. The maximum absolute atomic E-state index is 5.32. The smallest absolute Gasteiger partial charge is 0.0601 e. The molecule has 0 aromatic rings. The molecule has 0 spiro atoms. The fourth-order valence-electron chi connectivity index (χ4n) is 1.66. The van der Waals surface area contributed by atoms with Crippen molar-refractivity contribution < 1.29 is 0 Å². The molecule has 0 radical (unpaired) electrons. The normalized spacial score (nSPS) is 18.1. The van der Waals surface area contributed by atoms with E-state index in [4.69, 9.17) is 6.42 Å². The van der Waals surface area contributed by atoms with Crippen LogP contribution in [0, 0.1) is 12.3 Å². The van der Waals surface area contributed by atoms with Gasteiger partial charge in [-0.3, -0.25) is 4.90 Å². The Morgan fingerprint density at radius 1 is 1.57 bits per heavy atom. The van der Waals surface area contributed by atoms with Crippen molar-refractivity contribution in [1.82, 2.24) is 10.2 Å². The zero-order chi connectivity index (χ0) is 10.4. The predicted molar refractivity (Wildman–Crippen MR) is 61.2 cm³/mol. The van der Waals surface area contributed by atoms with Crippen LogP contribution in [0.5, 0.6) is 0 Å². The lowest BCUT2D eigenvalue weighted by Crippen LogP contribution is -2.35. The van der Waals surface area contributed by atoms with Crippen LogP contribution in [-0.2, 0) is 0 Å². The molecule has 0 bridgehead atoms. The molecule has 1 aliphatic carbocycles. The number of nitrogens with one attached hydrogen (secondary N) is 1. The molecule has 1 unspecified atom stereocenters. The quantitative estimate of drug-likeness (QED) is 0.617. The third kappa shape index (κ3) is 4.13. The van der Waals surface area contributed by atoms with Crippen LogP contribution in [0.1, 0.15) is 33.1 Å². The van der Waals surface area contributed by atoms with Crippen LogP contribution in [-0.4, -0.2) is 36.6 Å². The summed E-state index contributed by atoms with van der Waals surface area (Å²) in [5, 5.41) is 3.53. The standard InChI is InChI=1S/C12H22N2/c1-4-10-14(5-2)11(3)8-9-13-12-6-7-12/h1,11-13H,5-10H2,2-3H3. The summed E-state index contributed by atoms with van der Waals surface area (Å²) >= 11 is 0. The Morgan fingerprint density at radius 2 is 2.29 bits per heavy atom. The largest absolute Gasteiger partial charge is 0.314 e. The molecule has 0 aromatic carbocycles. The Bertz CT molecular complexity index is 191. The summed E-state index contributed by atoms with van der Waals surface area (Å²) in [4.78, 5) is 2.34. The van der Waals surface area contributed by atoms with E-state index in [1.807, 2.05) is 0 Å². The fraction of sp³-hybridized carbons (Fsp3) is 0.833. The van der Waals surface area contributed by atoms with Crippen LogP contribution in [0.15, 0.2) is 0 Å². The molecular formula is C12H22N2. The minimum Gasteiger partial charge on any atom is -0.314 e. The number of rotatable bonds is 7. The minimum absolute atomic E-state index is 0.599. The van der Waals surface area contributed by atoms with Gasteiger partial charge < -0.3 is 5.32 Å². The van der Waals surface area contributed by atoms with Crippen LogP contribution >= 0.6 is 0 Å². The SMILES string of the molecule is C#CCN(CC)C(C)CCNC1CC1. The third-order valence-electron chi connectivity index (χ3n) is 2.90. The van der Waals surface area contributed by atoms with E-state index in [1.54, 1.807) is 0 Å². The summed E-state index contributed by atoms with van der Waals surface area (Å²) in [6.45, 7) is 7.39. The van der Waals surface area contributed by atoms with Crippen LogP contribution in [0.3, 0.4) is 0 Å². The molecule has 0 amide bonds. The number of nitrogens with zero attached hydrogens (tertiary/aromatic N) is 1. The van der Waals surface area contributed by atoms with Crippen molar-refractivity contribution in [2.45, 2.75) is 45.2 Å². The van der Waals surface area contributed by atoms with Gasteiger partial charge in [-0.15, -0.1) is 6.42 Å².